The van der Waals surface area contributed by atoms with Crippen LogP contribution in [0.25, 0.3) is 22.2 Å². The highest BCUT2D eigenvalue weighted by Crippen LogP contribution is 2.57. The van der Waals surface area contributed by atoms with Crippen LogP contribution in [-0.4, -0.2) is 50.1 Å². The van der Waals surface area contributed by atoms with Gasteiger partial charge >= 0.3 is 5.92 Å². The summed E-state index contributed by atoms with van der Waals surface area (Å²) in [6.45, 7) is -0.955. The lowest BCUT2D eigenvalue weighted by atomic mass is 9.84. The molecule has 12 nitrogen and oxygen atoms in total. The Kier molecular flexibility index (Phi) is 8.37. The number of hydrogen-bond donors (Lipinski definition) is 3. The maximum Gasteiger partial charge on any atom is 0.304 e. The minimum atomic E-state index is -3.82. The molecule has 0 saturated carbocycles. The van der Waals surface area contributed by atoms with Crippen LogP contribution in [0.15, 0.2) is 36.5 Å². The van der Waals surface area contributed by atoms with Gasteiger partial charge in [-0.3, -0.25) is 23.9 Å². The number of sulfonamides is 1. The van der Waals surface area contributed by atoms with Crippen LogP contribution in [0.3, 0.4) is 0 Å². The largest absolute Gasteiger partial charge is 0.382 e. The lowest BCUT2D eigenvalue weighted by Crippen LogP contribution is -2.36. The number of alkyl halides is 4. The molecule has 3 unspecified atom stereocenters. The topological polar surface area (TPSA) is 163 Å². The lowest BCUT2D eigenvalue weighted by molar-refractivity contribution is -0.123. The molecule has 7 rings (SSSR count). The predicted molar refractivity (Wildman–Crippen MR) is 176 cm³/mol. The average Bonchev–Trinajstić information content (AvgIpc) is 3.57. The van der Waals surface area contributed by atoms with Gasteiger partial charge in [-0.05, 0) is 36.2 Å². The Morgan fingerprint density at radius 2 is 1.83 bits per heavy atom. The molecule has 0 aliphatic heterocycles. The first kappa shape index (κ1) is 35.1. The molecule has 2 aliphatic rings. The number of benzene rings is 2. The van der Waals surface area contributed by atoms with Crippen molar-refractivity contribution in [3.63, 3.8) is 0 Å². The van der Waals surface area contributed by atoms with E-state index in [9.17, 15) is 30.8 Å². The van der Waals surface area contributed by atoms with Crippen molar-refractivity contribution in [3.05, 3.63) is 81.4 Å². The van der Waals surface area contributed by atoms with Gasteiger partial charge in [0.05, 0.1) is 51.7 Å². The standard InChI is InChI=1S/C32H24ClF6N9O3S/c1-47-28-17(4-6-19(33)24(28)31(45-47)46-52(2,50)51)25-26(41-11-21(40)43-25)20(9-13-7-14(34)10-15(35)8-13)42-22(49)12-48-29-23(27(44-48)30(36)37)16-3-5-18(16)32(29,38)39/h4,6-8,10-11,16,18,20,30H,9,12H2,1-2H3,(H2,40,43)(H,42,49)(H,45,46). The zero-order chi connectivity index (χ0) is 37.4. The number of hydrogen-bond acceptors (Lipinski definition) is 8. The second-order valence-corrected chi connectivity index (χ2v) is 14.4. The van der Waals surface area contributed by atoms with Crippen molar-refractivity contribution in [1.82, 2.24) is 34.8 Å². The second kappa shape index (κ2) is 12.4. The van der Waals surface area contributed by atoms with Crippen LogP contribution in [0.5, 0.6) is 0 Å². The van der Waals surface area contributed by atoms with Crippen LogP contribution in [0.4, 0.5) is 38.0 Å². The van der Waals surface area contributed by atoms with Gasteiger partial charge in [-0.15, -0.1) is 0 Å². The van der Waals surface area contributed by atoms with Crippen molar-refractivity contribution in [1.29, 1.82) is 0 Å². The van der Waals surface area contributed by atoms with E-state index < -0.39 is 81.3 Å². The van der Waals surface area contributed by atoms with Crippen LogP contribution < -0.4 is 15.8 Å². The second-order valence-electron chi connectivity index (χ2n) is 12.3. The fourth-order valence-electron chi connectivity index (χ4n) is 6.60. The molecule has 0 saturated heterocycles. The van der Waals surface area contributed by atoms with Gasteiger partial charge in [-0.1, -0.05) is 23.4 Å². The van der Waals surface area contributed by atoms with Crippen LogP contribution in [0, 0.1) is 29.4 Å². The molecular formula is C32H24ClF6N9O3S. The smallest absolute Gasteiger partial charge is 0.304 e. The van der Waals surface area contributed by atoms with Gasteiger partial charge in [0, 0.05) is 24.2 Å². The molecule has 0 bridgehead atoms. The summed E-state index contributed by atoms with van der Waals surface area (Å²) in [5.74, 6) is -4.68. The first-order chi connectivity index (χ1) is 24.4. The number of nitrogens with zero attached hydrogens (tertiary/aromatic N) is 6. The van der Waals surface area contributed by atoms with E-state index in [4.69, 9.17) is 17.3 Å². The van der Waals surface area contributed by atoms with Crippen LogP contribution in [0.1, 0.15) is 46.6 Å². The zero-order valence-electron chi connectivity index (χ0n) is 26.7. The van der Waals surface area contributed by atoms with Crippen LogP contribution in [0.2, 0.25) is 5.02 Å². The van der Waals surface area contributed by atoms with Crippen molar-refractivity contribution in [3.8, 4) is 23.1 Å². The molecule has 0 spiro atoms. The number of carbonyl (C=O) groups excluding carboxylic acids is 1. The summed E-state index contributed by atoms with van der Waals surface area (Å²) in [5, 5.41) is 10.8. The number of halogens is 7. The summed E-state index contributed by atoms with van der Waals surface area (Å²) in [4.78, 5) is 22.5. The summed E-state index contributed by atoms with van der Waals surface area (Å²) in [6, 6.07) is 4.25. The Hall–Kier alpha value is -5.35. The molecule has 4 N–H and O–H groups in total. The number of carbonyl (C=O) groups is 1. The summed E-state index contributed by atoms with van der Waals surface area (Å²) < 4.78 is 116. The molecule has 3 aromatic heterocycles. The Morgan fingerprint density at radius 3 is 2.46 bits per heavy atom. The minimum absolute atomic E-state index is 0.00188. The molecule has 3 atom stereocenters. The molecule has 5 aromatic rings. The van der Waals surface area contributed by atoms with Gasteiger partial charge in [-0.2, -0.15) is 19.0 Å². The van der Waals surface area contributed by atoms with Gasteiger partial charge in [0.2, 0.25) is 15.9 Å². The molecule has 270 valence electrons. The fraction of sp³-hybridized carbons (Fsp3) is 0.281. The van der Waals surface area contributed by atoms with Gasteiger partial charge < -0.3 is 11.1 Å². The number of nitrogens with one attached hydrogen (secondary N) is 2. The van der Waals surface area contributed by atoms with Crippen LogP contribution >= 0.6 is 11.6 Å². The highest BCUT2D eigenvalue weighted by atomic mass is 35.5. The monoisotopic (exact) mass is 763 g/mol. The maximum atomic E-state index is 15.4. The number of anilines is 2. The summed E-state index contributed by atoms with van der Waals surface area (Å²) in [5.41, 5.74) is 4.33. The number of nitrogen functional groups attached to an aromatic ring is 1. The van der Waals surface area contributed by atoms with Gasteiger partial charge in [-0.25, -0.2) is 31.0 Å². The van der Waals surface area contributed by atoms with Gasteiger partial charge in [0.1, 0.15) is 41.3 Å². The molecule has 0 fully saturated rings. The highest BCUT2D eigenvalue weighted by molar-refractivity contribution is 7.92. The predicted octanol–water partition coefficient (Wildman–Crippen LogP) is 4.97. The Balaban J connectivity index is 1.33. The van der Waals surface area contributed by atoms with Crippen molar-refractivity contribution in [2.45, 2.75) is 37.3 Å². The third-order valence-electron chi connectivity index (χ3n) is 8.58. The summed E-state index contributed by atoms with van der Waals surface area (Å²) in [7, 11) is -2.33. The Morgan fingerprint density at radius 1 is 1.12 bits per heavy atom. The van der Waals surface area contributed by atoms with Crippen molar-refractivity contribution >= 4 is 50.1 Å². The average molecular weight is 764 g/mol. The van der Waals surface area contributed by atoms with E-state index in [1.807, 2.05) is 0 Å². The normalized spacial score (nSPS) is 17.7. The Bertz CT molecular complexity index is 2480. The Labute approximate surface area is 295 Å². The van der Waals surface area contributed by atoms with E-state index >= 15 is 8.78 Å². The first-order valence-electron chi connectivity index (χ1n) is 15.2. The number of nitrogens with two attached hydrogens (primary N) is 1. The van der Waals surface area contributed by atoms with Crippen molar-refractivity contribution in [2.24, 2.45) is 13.0 Å². The maximum absolute atomic E-state index is 15.4. The molecule has 1 amide bonds. The first-order valence-corrected chi connectivity index (χ1v) is 17.5. The van der Waals surface area contributed by atoms with Crippen molar-refractivity contribution < 1.29 is 39.6 Å². The van der Waals surface area contributed by atoms with Gasteiger partial charge in [0.15, 0.2) is 5.82 Å². The van der Waals surface area contributed by atoms with E-state index in [1.165, 1.54) is 23.9 Å². The molecule has 20 heteroatoms. The highest BCUT2D eigenvalue weighted by Gasteiger charge is 2.60. The number of fused-ring (bicyclic) bond motifs is 4. The van der Waals surface area contributed by atoms with E-state index in [-0.39, 0.29) is 56.5 Å². The summed E-state index contributed by atoms with van der Waals surface area (Å²) in [6.07, 6.45) is -1.51. The number of rotatable bonds is 10. The molecule has 0 radical (unpaired) electrons. The molecule has 3 heterocycles. The van der Waals surface area contributed by atoms with E-state index in [0.29, 0.717) is 10.7 Å². The molecular weight excluding hydrogens is 740 g/mol. The van der Waals surface area contributed by atoms with Crippen LogP contribution in [-0.2, 0) is 40.8 Å². The minimum Gasteiger partial charge on any atom is -0.382 e. The number of aromatic nitrogens is 6. The fourth-order valence-corrected chi connectivity index (χ4v) is 7.34. The quantitative estimate of drug-likeness (QED) is 0.133. The lowest BCUT2D eigenvalue weighted by Gasteiger charge is -2.24. The zero-order valence-corrected chi connectivity index (χ0v) is 28.3. The molecule has 2 aliphatic carbocycles. The molecule has 2 aromatic carbocycles. The molecule has 52 heavy (non-hydrogen) atoms. The third kappa shape index (κ3) is 6.04. The number of aryl methyl sites for hydroxylation is 1. The van der Waals surface area contributed by atoms with E-state index in [2.05, 4.69) is 42.0 Å². The van der Waals surface area contributed by atoms with E-state index in [1.54, 1.807) is 0 Å². The van der Waals surface area contributed by atoms with E-state index in [0.717, 1.165) is 24.6 Å². The van der Waals surface area contributed by atoms with Gasteiger partial charge in [0.25, 0.3) is 6.43 Å². The third-order valence-corrected chi connectivity index (χ3v) is 9.46. The summed E-state index contributed by atoms with van der Waals surface area (Å²) >= 11 is 6.49. The number of amides is 1. The van der Waals surface area contributed by atoms with Crippen molar-refractivity contribution in [2.75, 3.05) is 16.7 Å². The SMILES string of the molecule is Cn1nc(NS(C)(=O)=O)c2c(Cl)ccc(-c3nc(N)cnc3C(Cc3cc(F)cc(F)c3)NC(=O)Cn3nc(C(F)F)c4c3C(F)(F)C3C#CC43)c21.